The number of pyridine rings is 2. The Morgan fingerprint density at radius 2 is 2.02 bits per heavy atom. The molecule has 4 heterocycles. The minimum atomic E-state index is -0.358. The van der Waals surface area contributed by atoms with Crippen molar-refractivity contribution in [1.82, 2.24) is 35.7 Å². The van der Waals surface area contributed by atoms with Gasteiger partial charge in [-0.2, -0.15) is 0 Å². The van der Waals surface area contributed by atoms with Gasteiger partial charge in [0, 0.05) is 43.0 Å². The lowest BCUT2D eigenvalue weighted by atomic mass is 9.73. The van der Waals surface area contributed by atoms with E-state index in [1.807, 2.05) is 51.2 Å². The van der Waals surface area contributed by atoms with Crippen LogP contribution in [0.15, 0.2) is 48.9 Å². The number of rotatable bonds is 10. The fourth-order valence-electron chi connectivity index (χ4n) is 6.43. The minimum absolute atomic E-state index is 0.0103. The molecule has 0 spiro atoms. The van der Waals surface area contributed by atoms with Gasteiger partial charge in [-0.25, -0.2) is 19.8 Å². The Hall–Kier alpha value is -3.93. The van der Waals surface area contributed by atoms with Crippen molar-refractivity contribution in [2.75, 3.05) is 32.6 Å². The number of anilines is 1. The van der Waals surface area contributed by atoms with Crippen LogP contribution in [0.5, 0.6) is 5.75 Å². The molecule has 10 nitrogen and oxygen atoms in total. The van der Waals surface area contributed by atoms with Gasteiger partial charge in [-0.15, -0.1) is 0 Å². The first-order chi connectivity index (χ1) is 21.2. The second-order valence-electron chi connectivity index (χ2n) is 12.7. The number of ether oxygens (including phenoxy) is 1. The van der Waals surface area contributed by atoms with E-state index in [0.29, 0.717) is 47.9 Å². The van der Waals surface area contributed by atoms with Crippen LogP contribution in [0, 0.1) is 17.7 Å². The number of aromatic nitrogens is 4. The van der Waals surface area contributed by atoms with Gasteiger partial charge in [-0.3, -0.25) is 15.2 Å². The summed E-state index contributed by atoms with van der Waals surface area (Å²) in [5.41, 5.74) is 11.7. The van der Waals surface area contributed by atoms with E-state index in [2.05, 4.69) is 37.2 Å². The molecule has 2 aliphatic rings. The summed E-state index contributed by atoms with van der Waals surface area (Å²) < 4.78 is 20.5. The maximum Gasteiger partial charge on any atom is 0.224 e. The molecule has 4 unspecified atom stereocenters. The summed E-state index contributed by atoms with van der Waals surface area (Å²) in [5.74, 6) is 1.83. The van der Waals surface area contributed by atoms with E-state index >= 15 is 0 Å². The molecule has 2 fully saturated rings. The SMILES string of the molecule is CC(C)CC(=O)Nc1cncc(C2CCC3NNC(c4nc5nccc(-c6cc(F)cc(OCCN(C)C)c6)c5[nH]4)C3C2)c1. The van der Waals surface area contributed by atoms with E-state index in [9.17, 15) is 9.18 Å². The van der Waals surface area contributed by atoms with Crippen LogP contribution >= 0.6 is 0 Å². The maximum absolute atomic E-state index is 14.7. The van der Waals surface area contributed by atoms with Gasteiger partial charge in [0.15, 0.2) is 5.65 Å². The highest BCUT2D eigenvalue weighted by atomic mass is 19.1. The van der Waals surface area contributed by atoms with Gasteiger partial charge in [0.1, 0.15) is 24.0 Å². The fourth-order valence-corrected chi connectivity index (χ4v) is 6.43. The van der Waals surface area contributed by atoms with Gasteiger partial charge in [-0.05, 0) is 86.5 Å². The fraction of sp³-hybridized carbons (Fsp3) is 0.455. The third-order valence-corrected chi connectivity index (χ3v) is 8.55. The summed E-state index contributed by atoms with van der Waals surface area (Å²) in [6.45, 7) is 5.27. The molecule has 0 bridgehead atoms. The van der Waals surface area contributed by atoms with Gasteiger partial charge in [0.05, 0.1) is 23.4 Å². The summed E-state index contributed by atoms with van der Waals surface area (Å²) in [6.07, 6.45) is 8.79. The lowest BCUT2D eigenvalue weighted by molar-refractivity contribution is -0.116. The van der Waals surface area contributed by atoms with E-state index in [4.69, 9.17) is 9.72 Å². The Kier molecular flexibility index (Phi) is 8.88. The number of hydrogen-bond acceptors (Lipinski definition) is 8. The first-order valence-corrected chi connectivity index (χ1v) is 15.4. The average Bonchev–Trinajstić information content (AvgIpc) is 3.60. The van der Waals surface area contributed by atoms with Crippen molar-refractivity contribution in [3.63, 3.8) is 0 Å². The molecule has 1 aliphatic heterocycles. The predicted octanol–water partition coefficient (Wildman–Crippen LogP) is 5.19. The standard InChI is InChI=1S/C33H41FN8O2/c1-19(2)11-29(43)37-24-13-22(17-35-18-24)20-5-6-28-27(15-20)31(41-40-28)33-38-30-26(7-8-36-32(30)39-33)21-12-23(34)16-25(14-21)44-10-9-42(3)4/h7-8,12-14,16-20,27-28,31,40-41H,5-6,9-11,15H2,1-4H3,(H,37,43)(H,36,38,39). The number of halogens is 1. The first-order valence-electron chi connectivity index (χ1n) is 15.4. The predicted molar refractivity (Wildman–Crippen MR) is 169 cm³/mol. The van der Waals surface area contributed by atoms with Crippen LogP contribution in [0.3, 0.4) is 0 Å². The van der Waals surface area contributed by atoms with Gasteiger partial charge in [0.2, 0.25) is 5.91 Å². The number of hydrazine groups is 1. The van der Waals surface area contributed by atoms with E-state index in [1.54, 1.807) is 12.4 Å². The van der Waals surface area contributed by atoms with Crippen molar-refractivity contribution in [3.05, 3.63) is 66.1 Å². The molecule has 4 N–H and O–H groups in total. The van der Waals surface area contributed by atoms with Gasteiger partial charge >= 0.3 is 0 Å². The highest BCUT2D eigenvalue weighted by molar-refractivity contribution is 5.91. The van der Waals surface area contributed by atoms with E-state index in [-0.39, 0.29) is 23.7 Å². The zero-order valence-corrected chi connectivity index (χ0v) is 25.7. The summed E-state index contributed by atoms with van der Waals surface area (Å²) >= 11 is 0. The normalized spacial score (nSPS) is 21.6. The molecule has 232 valence electrons. The second-order valence-corrected chi connectivity index (χ2v) is 12.7. The van der Waals surface area contributed by atoms with Crippen LogP contribution in [-0.4, -0.2) is 64.0 Å². The van der Waals surface area contributed by atoms with Gasteiger partial charge < -0.3 is 19.9 Å². The number of imidazole rings is 1. The number of H-pyrrole nitrogens is 1. The molecule has 4 atom stereocenters. The molecule has 4 aromatic rings. The monoisotopic (exact) mass is 600 g/mol. The minimum Gasteiger partial charge on any atom is -0.492 e. The lowest BCUT2D eigenvalue weighted by Crippen LogP contribution is -2.34. The van der Waals surface area contributed by atoms with E-state index < -0.39 is 0 Å². The van der Waals surface area contributed by atoms with Crippen LogP contribution in [0.25, 0.3) is 22.3 Å². The Labute approximate surface area is 257 Å². The number of benzene rings is 1. The number of carbonyl (C=O) groups excluding carboxylic acids is 1. The lowest BCUT2D eigenvalue weighted by Gasteiger charge is -2.33. The Morgan fingerprint density at radius 1 is 1.16 bits per heavy atom. The maximum atomic E-state index is 14.7. The Balaban J connectivity index is 1.22. The zero-order valence-electron chi connectivity index (χ0n) is 25.7. The molecule has 3 aromatic heterocycles. The number of nitrogens with one attached hydrogen (secondary N) is 4. The highest BCUT2D eigenvalue weighted by Crippen LogP contribution is 2.44. The third-order valence-electron chi connectivity index (χ3n) is 8.55. The van der Waals surface area contributed by atoms with Crippen LogP contribution in [0.2, 0.25) is 0 Å². The van der Waals surface area contributed by atoms with Crippen molar-refractivity contribution in [2.45, 2.75) is 57.5 Å². The Bertz CT molecular complexity index is 1620. The third kappa shape index (κ3) is 6.74. The number of carbonyl (C=O) groups is 1. The molecule has 1 saturated heterocycles. The van der Waals surface area contributed by atoms with Crippen LogP contribution in [0.1, 0.15) is 62.9 Å². The molecule has 1 amide bonds. The highest BCUT2D eigenvalue weighted by Gasteiger charge is 2.42. The van der Waals surface area contributed by atoms with Crippen molar-refractivity contribution in [3.8, 4) is 16.9 Å². The second kappa shape index (κ2) is 13.0. The van der Waals surface area contributed by atoms with Crippen molar-refractivity contribution >= 4 is 22.8 Å². The molecule has 1 aromatic carbocycles. The number of aromatic amines is 1. The topological polar surface area (TPSA) is 120 Å². The summed E-state index contributed by atoms with van der Waals surface area (Å²) in [6, 6.07) is 8.98. The first kappa shape index (κ1) is 30.1. The molecule has 44 heavy (non-hydrogen) atoms. The van der Waals surface area contributed by atoms with Gasteiger partial charge in [0.25, 0.3) is 0 Å². The van der Waals surface area contributed by atoms with E-state index in [1.165, 1.54) is 12.1 Å². The summed E-state index contributed by atoms with van der Waals surface area (Å²) in [5, 5.41) is 3.01. The summed E-state index contributed by atoms with van der Waals surface area (Å²) in [4.78, 5) is 31.8. The number of amides is 1. The largest absolute Gasteiger partial charge is 0.492 e. The quantitative estimate of drug-likeness (QED) is 0.197. The van der Waals surface area contributed by atoms with Crippen molar-refractivity contribution in [1.29, 1.82) is 0 Å². The molecular weight excluding hydrogens is 559 g/mol. The molecule has 0 radical (unpaired) electrons. The van der Waals surface area contributed by atoms with Crippen LogP contribution in [0.4, 0.5) is 10.1 Å². The van der Waals surface area contributed by atoms with Crippen LogP contribution < -0.4 is 20.9 Å². The number of likely N-dealkylation sites (N-methyl/N-ethyl adjacent to an activating group) is 1. The number of nitrogens with zero attached hydrogens (tertiary/aromatic N) is 4. The number of hydrogen-bond donors (Lipinski definition) is 4. The van der Waals surface area contributed by atoms with Crippen LogP contribution in [-0.2, 0) is 4.79 Å². The summed E-state index contributed by atoms with van der Waals surface area (Å²) in [7, 11) is 3.94. The zero-order chi connectivity index (χ0) is 30.8. The molecule has 1 saturated carbocycles. The molecule has 1 aliphatic carbocycles. The molecule has 6 rings (SSSR count). The van der Waals surface area contributed by atoms with Gasteiger partial charge in [-0.1, -0.05) is 13.8 Å². The Morgan fingerprint density at radius 3 is 2.84 bits per heavy atom. The molecule has 11 heteroatoms. The van der Waals surface area contributed by atoms with Crippen molar-refractivity contribution in [2.24, 2.45) is 11.8 Å². The average molecular weight is 601 g/mol. The number of fused-ring (bicyclic) bond motifs is 2. The smallest absolute Gasteiger partial charge is 0.224 e. The van der Waals surface area contributed by atoms with Crippen molar-refractivity contribution < 1.29 is 13.9 Å². The molecular formula is C33H41FN8O2. The van der Waals surface area contributed by atoms with E-state index in [0.717, 1.165) is 54.0 Å².